The summed E-state index contributed by atoms with van der Waals surface area (Å²) in [4.78, 5) is 4.19. The van der Waals surface area contributed by atoms with Crippen LogP contribution in [0.25, 0.3) is 0 Å². The Morgan fingerprint density at radius 1 is 1.30 bits per heavy atom. The molecule has 1 aromatic heterocycles. The number of benzene rings is 1. The third-order valence-electron chi connectivity index (χ3n) is 3.44. The Bertz CT molecular complexity index is 548. The average Bonchev–Trinajstić information content (AvgIpc) is 2.93. The summed E-state index contributed by atoms with van der Waals surface area (Å²) in [5.41, 5.74) is 8.25. The van der Waals surface area contributed by atoms with Crippen molar-refractivity contribution in [3.05, 3.63) is 48.0 Å². The predicted octanol–water partition coefficient (Wildman–Crippen LogP) is 3.45. The zero-order valence-electron chi connectivity index (χ0n) is 12.4. The Labute approximate surface area is 120 Å². The maximum absolute atomic E-state index is 6.12. The van der Waals surface area contributed by atoms with Crippen molar-refractivity contribution in [2.24, 2.45) is 5.73 Å². The van der Waals surface area contributed by atoms with Gasteiger partial charge >= 0.3 is 0 Å². The Hall–Kier alpha value is -1.81. The molecule has 1 aromatic carbocycles. The highest BCUT2D eigenvalue weighted by Crippen LogP contribution is 2.26. The molecule has 1 atom stereocenters. The van der Waals surface area contributed by atoms with Crippen LogP contribution >= 0.6 is 0 Å². The van der Waals surface area contributed by atoms with Crippen LogP contribution in [-0.2, 0) is 6.61 Å². The molecule has 0 amide bonds. The number of hydrogen-bond acceptors (Lipinski definition) is 3. The monoisotopic (exact) mass is 273 g/mol. The number of ether oxygens (including phenoxy) is 1. The molecule has 20 heavy (non-hydrogen) atoms. The molecule has 0 aliphatic heterocycles. The fourth-order valence-electron chi connectivity index (χ4n) is 2.20. The highest BCUT2D eigenvalue weighted by Gasteiger charge is 2.11. The summed E-state index contributed by atoms with van der Waals surface area (Å²) in [5, 5.41) is 0. The van der Waals surface area contributed by atoms with Crippen molar-refractivity contribution in [2.45, 2.75) is 45.9 Å². The van der Waals surface area contributed by atoms with E-state index in [1.54, 1.807) is 0 Å². The Morgan fingerprint density at radius 2 is 2.05 bits per heavy atom. The first kappa shape index (κ1) is 14.6. The first-order valence-electron chi connectivity index (χ1n) is 7.11. The van der Waals surface area contributed by atoms with Gasteiger partial charge in [-0.1, -0.05) is 25.1 Å². The number of nitrogens with zero attached hydrogens (tertiary/aromatic N) is 2. The van der Waals surface area contributed by atoms with Gasteiger partial charge in [0, 0.05) is 17.6 Å². The van der Waals surface area contributed by atoms with Gasteiger partial charge in [-0.05, 0) is 26.3 Å². The van der Waals surface area contributed by atoms with E-state index in [-0.39, 0.29) is 6.04 Å². The fourth-order valence-corrected chi connectivity index (χ4v) is 2.20. The molecule has 0 saturated heterocycles. The van der Waals surface area contributed by atoms with Crippen LogP contribution in [0.2, 0.25) is 0 Å². The van der Waals surface area contributed by atoms with E-state index in [2.05, 4.69) is 30.3 Å². The largest absolute Gasteiger partial charge is 0.487 e. The Morgan fingerprint density at radius 3 is 2.75 bits per heavy atom. The Balaban J connectivity index is 2.13. The van der Waals surface area contributed by atoms with Gasteiger partial charge in [0.05, 0.1) is 18.2 Å². The van der Waals surface area contributed by atoms with Crippen LogP contribution in [0.15, 0.2) is 36.8 Å². The van der Waals surface area contributed by atoms with Crippen LogP contribution in [0.1, 0.15) is 50.5 Å². The van der Waals surface area contributed by atoms with Gasteiger partial charge in [-0.25, -0.2) is 4.98 Å². The summed E-state index contributed by atoms with van der Waals surface area (Å²) in [7, 11) is 0. The van der Waals surface area contributed by atoms with Crippen LogP contribution in [0.4, 0.5) is 0 Å². The van der Waals surface area contributed by atoms with E-state index in [0.717, 1.165) is 23.4 Å². The molecule has 4 heteroatoms. The second kappa shape index (κ2) is 6.57. The number of aromatic nitrogens is 2. The average molecular weight is 273 g/mol. The van der Waals surface area contributed by atoms with Gasteiger partial charge in [0.2, 0.25) is 0 Å². The number of nitrogens with two attached hydrogens (primary N) is 1. The van der Waals surface area contributed by atoms with Crippen molar-refractivity contribution in [1.29, 1.82) is 0 Å². The number of para-hydroxylation sites is 1. The zero-order chi connectivity index (χ0) is 14.5. The summed E-state index contributed by atoms with van der Waals surface area (Å²) >= 11 is 0. The molecule has 0 radical (unpaired) electrons. The van der Waals surface area contributed by atoms with E-state index in [9.17, 15) is 0 Å². The molecule has 0 fully saturated rings. The zero-order valence-corrected chi connectivity index (χ0v) is 12.4. The topological polar surface area (TPSA) is 53.1 Å². The van der Waals surface area contributed by atoms with Crippen molar-refractivity contribution >= 4 is 0 Å². The van der Waals surface area contributed by atoms with Gasteiger partial charge in [0.1, 0.15) is 12.4 Å². The molecule has 1 heterocycles. The van der Waals surface area contributed by atoms with Crippen molar-refractivity contribution in [3.63, 3.8) is 0 Å². The fraction of sp³-hybridized carbons (Fsp3) is 0.438. The second-order valence-electron chi connectivity index (χ2n) is 5.23. The normalized spacial score (nSPS) is 12.7. The Kier molecular flexibility index (Phi) is 4.79. The lowest BCUT2D eigenvalue weighted by molar-refractivity contribution is 0.287. The molecule has 108 valence electrons. The maximum atomic E-state index is 6.12. The molecular formula is C16H23N3O. The molecule has 4 nitrogen and oxygen atoms in total. The lowest BCUT2D eigenvalue weighted by Gasteiger charge is -2.17. The van der Waals surface area contributed by atoms with E-state index in [1.165, 1.54) is 0 Å². The minimum atomic E-state index is 0.0150. The number of imidazole rings is 1. The maximum Gasteiger partial charge on any atom is 0.130 e. The van der Waals surface area contributed by atoms with Crippen LogP contribution in [-0.4, -0.2) is 9.55 Å². The quantitative estimate of drug-likeness (QED) is 0.877. The van der Waals surface area contributed by atoms with E-state index in [0.29, 0.717) is 12.6 Å². The minimum absolute atomic E-state index is 0.0150. The number of rotatable bonds is 6. The molecule has 0 aliphatic carbocycles. The molecule has 0 saturated carbocycles. The number of hydrogen-bond donors (Lipinski definition) is 1. The van der Waals surface area contributed by atoms with E-state index in [1.807, 2.05) is 36.8 Å². The summed E-state index contributed by atoms with van der Waals surface area (Å²) < 4.78 is 8.07. The molecule has 0 aliphatic rings. The van der Waals surface area contributed by atoms with Gasteiger partial charge in [-0.2, -0.15) is 0 Å². The van der Waals surface area contributed by atoms with Crippen LogP contribution in [0, 0.1) is 0 Å². The predicted molar refractivity (Wildman–Crippen MR) is 80.6 cm³/mol. The molecule has 2 N–H and O–H groups in total. The van der Waals surface area contributed by atoms with Gasteiger partial charge in [-0.3, -0.25) is 0 Å². The van der Waals surface area contributed by atoms with E-state index >= 15 is 0 Å². The van der Waals surface area contributed by atoms with Gasteiger partial charge in [-0.15, -0.1) is 0 Å². The van der Waals surface area contributed by atoms with Crippen LogP contribution in [0.3, 0.4) is 0 Å². The summed E-state index contributed by atoms with van der Waals surface area (Å²) in [5.74, 6) is 0.860. The highest BCUT2D eigenvalue weighted by molar-refractivity contribution is 5.35. The molecule has 0 bridgehead atoms. The SMILES string of the molecule is CC[C@@H](N)c1ccccc1OCc1cncn1C(C)C. The third kappa shape index (κ3) is 3.20. The molecule has 0 spiro atoms. The molecule has 0 unspecified atom stereocenters. The second-order valence-corrected chi connectivity index (χ2v) is 5.23. The van der Waals surface area contributed by atoms with Gasteiger partial charge < -0.3 is 15.0 Å². The third-order valence-corrected chi connectivity index (χ3v) is 3.44. The minimum Gasteiger partial charge on any atom is -0.487 e. The van der Waals surface area contributed by atoms with Gasteiger partial charge in [0.25, 0.3) is 0 Å². The van der Waals surface area contributed by atoms with Crippen molar-refractivity contribution in [3.8, 4) is 5.75 Å². The van der Waals surface area contributed by atoms with E-state index in [4.69, 9.17) is 10.5 Å². The van der Waals surface area contributed by atoms with Crippen LogP contribution in [0.5, 0.6) is 5.75 Å². The highest BCUT2D eigenvalue weighted by atomic mass is 16.5. The molecule has 2 aromatic rings. The van der Waals surface area contributed by atoms with Crippen molar-refractivity contribution < 1.29 is 4.74 Å². The molecular weight excluding hydrogens is 250 g/mol. The standard InChI is InChI=1S/C16H23N3O/c1-4-15(17)14-7-5-6-8-16(14)20-10-13-9-18-11-19(13)12(2)3/h5-9,11-12,15H,4,10,17H2,1-3H3/t15-/m1/s1. The first-order chi connectivity index (χ1) is 9.63. The first-order valence-corrected chi connectivity index (χ1v) is 7.11. The summed E-state index contributed by atoms with van der Waals surface area (Å²) in [6.45, 7) is 6.85. The summed E-state index contributed by atoms with van der Waals surface area (Å²) in [6.07, 6.45) is 4.58. The van der Waals surface area contributed by atoms with Crippen molar-refractivity contribution in [1.82, 2.24) is 9.55 Å². The summed E-state index contributed by atoms with van der Waals surface area (Å²) in [6, 6.07) is 8.37. The lowest BCUT2D eigenvalue weighted by atomic mass is 10.0. The van der Waals surface area contributed by atoms with Crippen molar-refractivity contribution in [2.75, 3.05) is 0 Å². The lowest BCUT2D eigenvalue weighted by Crippen LogP contribution is -2.12. The molecule has 2 rings (SSSR count). The smallest absolute Gasteiger partial charge is 0.130 e. The van der Waals surface area contributed by atoms with E-state index < -0.39 is 0 Å². The van der Waals surface area contributed by atoms with Gasteiger partial charge in [0.15, 0.2) is 0 Å². The van der Waals surface area contributed by atoms with Crippen LogP contribution < -0.4 is 10.5 Å².